The molecule has 5 heteroatoms. The number of aromatic nitrogens is 3. The molecular formula is C12H22N4O. The van der Waals surface area contributed by atoms with E-state index in [0.29, 0.717) is 6.04 Å². The zero-order chi connectivity index (χ0) is 12.5. The van der Waals surface area contributed by atoms with E-state index in [1.54, 1.807) is 6.33 Å². The molecule has 1 aliphatic heterocycles. The second-order valence-electron chi connectivity index (χ2n) is 5.49. The lowest BCUT2D eigenvalue weighted by Crippen LogP contribution is -2.42. The second kappa shape index (κ2) is 4.74. The maximum Gasteiger partial charge on any atom is 0.141 e. The quantitative estimate of drug-likeness (QED) is 0.860. The molecule has 0 spiro atoms. The molecule has 17 heavy (non-hydrogen) atoms. The van der Waals surface area contributed by atoms with Gasteiger partial charge in [0.25, 0.3) is 0 Å². The first-order valence-electron chi connectivity index (χ1n) is 6.31. The van der Waals surface area contributed by atoms with Gasteiger partial charge in [0.15, 0.2) is 0 Å². The van der Waals surface area contributed by atoms with Crippen LogP contribution in [0, 0.1) is 0 Å². The third-order valence-corrected chi connectivity index (χ3v) is 3.43. The molecule has 5 nitrogen and oxygen atoms in total. The van der Waals surface area contributed by atoms with Crippen LogP contribution in [-0.2, 0) is 6.54 Å². The maximum atomic E-state index is 9.90. The van der Waals surface area contributed by atoms with Gasteiger partial charge in [0.05, 0.1) is 12.1 Å². The van der Waals surface area contributed by atoms with Gasteiger partial charge in [-0.15, -0.1) is 0 Å². The molecule has 0 aromatic carbocycles. The molecule has 0 radical (unpaired) electrons. The second-order valence-corrected chi connectivity index (χ2v) is 5.49. The number of hydrogen-bond acceptors (Lipinski definition) is 4. The minimum atomic E-state index is -0.484. The van der Waals surface area contributed by atoms with Crippen LogP contribution in [0.3, 0.4) is 0 Å². The Morgan fingerprint density at radius 3 is 2.65 bits per heavy atom. The van der Waals surface area contributed by atoms with Crippen molar-refractivity contribution in [3.63, 3.8) is 0 Å². The fourth-order valence-corrected chi connectivity index (χ4v) is 2.21. The van der Waals surface area contributed by atoms with Gasteiger partial charge in [-0.3, -0.25) is 4.90 Å². The van der Waals surface area contributed by atoms with Crippen molar-refractivity contribution in [3.05, 3.63) is 12.2 Å². The Morgan fingerprint density at radius 1 is 1.41 bits per heavy atom. The molecule has 2 rings (SSSR count). The molecular weight excluding hydrogens is 216 g/mol. The molecule has 0 atom stereocenters. The molecule has 1 aromatic rings. The van der Waals surface area contributed by atoms with Crippen molar-refractivity contribution < 1.29 is 5.11 Å². The van der Waals surface area contributed by atoms with Crippen LogP contribution in [-0.4, -0.2) is 43.5 Å². The van der Waals surface area contributed by atoms with Gasteiger partial charge < -0.3 is 5.11 Å². The van der Waals surface area contributed by atoms with Gasteiger partial charge in [-0.2, -0.15) is 5.10 Å². The van der Waals surface area contributed by atoms with Crippen LogP contribution in [0.2, 0.25) is 0 Å². The first-order valence-corrected chi connectivity index (χ1v) is 6.31. The Kier molecular flexibility index (Phi) is 3.49. The lowest BCUT2D eigenvalue weighted by Gasteiger charge is -2.35. The molecule has 0 amide bonds. The zero-order valence-corrected chi connectivity index (χ0v) is 10.9. The third kappa shape index (κ3) is 3.04. The third-order valence-electron chi connectivity index (χ3n) is 3.43. The molecule has 1 fully saturated rings. The summed E-state index contributed by atoms with van der Waals surface area (Å²) in [5.74, 6) is 1.02. The first kappa shape index (κ1) is 12.5. The number of likely N-dealkylation sites (tertiary alicyclic amines) is 1. The van der Waals surface area contributed by atoms with Crippen LogP contribution in [0.25, 0.3) is 0 Å². The number of nitrogens with zero attached hydrogens (tertiary/aromatic N) is 4. The Labute approximate surface area is 102 Å². The zero-order valence-electron chi connectivity index (χ0n) is 10.9. The average molecular weight is 238 g/mol. The van der Waals surface area contributed by atoms with E-state index >= 15 is 0 Å². The summed E-state index contributed by atoms with van der Waals surface area (Å²) in [5, 5.41) is 14.1. The fraction of sp³-hybridized carbons (Fsp3) is 0.833. The van der Waals surface area contributed by atoms with Crippen molar-refractivity contribution in [2.24, 2.45) is 0 Å². The van der Waals surface area contributed by atoms with Crippen molar-refractivity contribution in [1.29, 1.82) is 0 Å². The molecule has 1 saturated heterocycles. The summed E-state index contributed by atoms with van der Waals surface area (Å²) >= 11 is 0. The summed E-state index contributed by atoms with van der Waals surface area (Å²) in [5.41, 5.74) is -0.484. The number of piperidine rings is 1. The Morgan fingerprint density at radius 2 is 2.06 bits per heavy atom. The highest BCUT2D eigenvalue weighted by Crippen LogP contribution is 2.22. The standard InChI is InChI=1S/C12H22N4O/c1-10(2)16-11(13-9-14-16)8-15-6-4-12(3,17)5-7-15/h9-10,17H,4-8H2,1-3H3. The van der Waals surface area contributed by atoms with Gasteiger partial charge in [0, 0.05) is 19.1 Å². The molecule has 1 N–H and O–H groups in total. The van der Waals surface area contributed by atoms with E-state index in [1.165, 1.54) is 0 Å². The molecule has 2 heterocycles. The smallest absolute Gasteiger partial charge is 0.141 e. The monoisotopic (exact) mass is 238 g/mol. The minimum Gasteiger partial charge on any atom is -0.390 e. The van der Waals surface area contributed by atoms with Gasteiger partial charge in [-0.1, -0.05) is 0 Å². The Hall–Kier alpha value is -0.940. The summed E-state index contributed by atoms with van der Waals surface area (Å²) in [6, 6.07) is 0.348. The number of aliphatic hydroxyl groups is 1. The van der Waals surface area contributed by atoms with Gasteiger partial charge >= 0.3 is 0 Å². The van der Waals surface area contributed by atoms with Gasteiger partial charge in [-0.25, -0.2) is 9.67 Å². The van der Waals surface area contributed by atoms with Gasteiger partial charge in [0.2, 0.25) is 0 Å². The summed E-state index contributed by atoms with van der Waals surface area (Å²) in [6.45, 7) is 8.82. The first-order chi connectivity index (χ1) is 7.98. The van der Waals surface area contributed by atoms with Crippen LogP contribution in [0.5, 0.6) is 0 Å². The summed E-state index contributed by atoms with van der Waals surface area (Å²) in [7, 11) is 0. The molecule has 1 aliphatic rings. The Balaban J connectivity index is 1.96. The highest BCUT2D eigenvalue weighted by Gasteiger charge is 2.27. The van der Waals surface area contributed by atoms with E-state index in [9.17, 15) is 5.11 Å². The summed E-state index contributed by atoms with van der Waals surface area (Å²) in [4.78, 5) is 6.65. The number of rotatable bonds is 3. The van der Waals surface area contributed by atoms with Crippen molar-refractivity contribution >= 4 is 0 Å². The molecule has 0 unspecified atom stereocenters. The van der Waals surface area contributed by atoms with Gasteiger partial charge in [0.1, 0.15) is 12.2 Å². The largest absolute Gasteiger partial charge is 0.390 e. The van der Waals surface area contributed by atoms with Crippen molar-refractivity contribution in [3.8, 4) is 0 Å². The van der Waals surface area contributed by atoms with Crippen molar-refractivity contribution in [2.45, 2.75) is 51.8 Å². The van der Waals surface area contributed by atoms with E-state index in [2.05, 4.69) is 28.8 Å². The van der Waals surface area contributed by atoms with Gasteiger partial charge in [-0.05, 0) is 33.6 Å². The van der Waals surface area contributed by atoms with Crippen LogP contribution >= 0.6 is 0 Å². The predicted molar refractivity (Wildman–Crippen MR) is 65.5 cm³/mol. The van der Waals surface area contributed by atoms with Crippen LogP contribution < -0.4 is 0 Å². The summed E-state index contributed by atoms with van der Waals surface area (Å²) < 4.78 is 1.97. The van der Waals surface area contributed by atoms with E-state index in [-0.39, 0.29) is 0 Å². The SMILES string of the molecule is CC(C)n1ncnc1CN1CCC(C)(O)CC1. The van der Waals surface area contributed by atoms with Crippen LogP contribution in [0.4, 0.5) is 0 Å². The van der Waals surface area contributed by atoms with Crippen LogP contribution in [0.1, 0.15) is 45.5 Å². The molecule has 0 aliphatic carbocycles. The normalized spacial score (nSPS) is 21.0. The van der Waals surface area contributed by atoms with E-state index in [4.69, 9.17) is 0 Å². The lowest BCUT2D eigenvalue weighted by atomic mass is 9.94. The highest BCUT2D eigenvalue weighted by molar-refractivity contribution is 4.89. The number of hydrogen-bond donors (Lipinski definition) is 1. The average Bonchev–Trinajstić information content (AvgIpc) is 2.69. The highest BCUT2D eigenvalue weighted by atomic mass is 16.3. The van der Waals surface area contributed by atoms with Crippen molar-refractivity contribution in [1.82, 2.24) is 19.7 Å². The maximum absolute atomic E-state index is 9.90. The van der Waals surface area contributed by atoms with E-state index in [1.807, 2.05) is 11.6 Å². The van der Waals surface area contributed by atoms with E-state index < -0.39 is 5.60 Å². The molecule has 0 bridgehead atoms. The van der Waals surface area contributed by atoms with Crippen molar-refractivity contribution in [2.75, 3.05) is 13.1 Å². The topological polar surface area (TPSA) is 54.2 Å². The lowest BCUT2D eigenvalue weighted by molar-refractivity contribution is -0.00822. The molecule has 1 aromatic heterocycles. The Bertz CT molecular complexity index is 362. The van der Waals surface area contributed by atoms with Crippen LogP contribution in [0.15, 0.2) is 6.33 Å². The predicted octanol–water partition coefficient (Wildman–Crippen LogP) is 1.21. The minimum absolute atomic E-state index is 0.348. The molecule has 96 valence electrons. The fourth-order valence-electron chi connectivity index (χ4n) is 2.21. The van der Waals surface area contributed by atoms with E-state index in [0.717, 1.165) is 38.3 Å². The molecule has 0 saturated carbocycles. The summed E-state index contributed by atoms with van der Waals surface area (Å²) in [6.07, 6.45) is 3.29.